The molecule has 0 rings (SSSR count). The highest BCUT2D eigenvalue weighted by molar-refractivity contribution is 5.85. The van der Waals surface area contributed by atoms with Crippen molar-refractivity contribution in [1.29, 1.82) is 0 Å². The molecule has 2 unspecified atom stereocenters. The second-order valence-corrected chi connectivity index (χ2v) is 4.81. The molecule has 0 aromatic carbocycles. The number of halogens is 2. The van der Waals surface area contributed by atoms with Gasteiger partial charge in [-0.3, -0.25) is 0 Å². The highest BCUT2D eigenvalue weighted by atomic mass is 35.5. The van der Waals surface area contributed by atoms with Crippen molar-refractivity contribution in [3.63, 3.8) is 0 Å². The lowest BCUT2D eigenvalue weighted by Crippen LogP contribution is -2.61. The van der Waals surface area contributed by atoms with Crippen LogP contribution in [0.3, 0.4) is 0 Å². The molecule has 0 radical (unpaired) electrons. The van der Waals surface area contributed by atoms with Crippen molar-refractivity contribution in [2.45, 2.75) is 51.9 Å². The van der Waals surface area contributed by atoms with E-state index in [-0.39, 0.29) is 31.4 Å². The van der Waals surface area contributed by atoms with Gasteiger partial charge in [-0.25, -0.2) is 9.59 Å². The average Bonchev–Trinajstić information content (AvgIpc) is 2.38. The Morgan fingerprint density at radius 1 is 1.00 bits per heavy atom. The number of carbonyl (C=O) groups is 2. The maximum absolute atomic E-state index is 11.5. The van der Waals surface area contributed by atoms with Gasteiger partial charge in [-0.05, 0) is 40.7 Å². The lowest BCUT2D eigenvalue weighted by Gasteiger charge is -2.38. The van der Waals surface area contributed by atoms with E-state index in [0.717, 1.165) is 0 Å². The summed E-state index contributed by atoms with van der Waals surface area (Å²) in [7, 11) is 0. The molecule has 2 atom stereocenters. The van der Waals surface area contributed by atoms with E-state index in [1.165, 1.54) is 0 Å². The topological polar surface area (TPSA) is 129 Å². The molecule has 0 heterocycles. The van der Waals surface area contributed by atoms with Crippen molar-refractivity contribution in [2.24, 2.45) is 11.5 Å². The van der Waals surface area contributed by atoms with Gasteiger partial charge in [-0.2, -0.15) is 0 Å². The second kappa shape index (κ2) is 13.5. The molecule has 6 N–H and O–H groups in total. The number of rotatable bonds is 8. The molecule has 0 aromatic heterocycles. The number of alkyl carbamates (subject to hydrolysis) is 2. The predicted octanol–water partition coefficient (Wildman–Crippen LogP) is 1.15. The Morgan fingerprint density at radius 2 is 1.35 bits per heavy atom. The summed E-state index contributed by atoms with van der Waals surface area (Å²) in [4.78, 5) is 23.0. The van der Waals surface area contributed by atoms with E-state index in [4.69, 9.17) is 20.9 Å². The van der Waals surface area contributed by atoms with Crippen LogP contribution in [0.5, 0.6) is 0 Å². The Morgan fingerprint density at radius 3 is 1.61 bits per heavy atom. The number of ether oxygens (including phenoxy) is 2. The zero-order valence-corrected chi connectivity index (χ0v) is 15.7. The Balaban J connectivity index is -0.00000200. The van der Waals surface area contributed by atoms with Crippen LogP contribution >= 0.6 is 24.8 Å². The summed E-state index contributed by atoms with van der Waals surface area (Å²) in [5.41, 5.74) is 10.8. The maximum Gasteiger partial charge on any atom is 0.407 e. The summed E-state index contributed by atoms with van der Waals surface area (Å²) in [5.74, 6) is 0. The van der Waals surface area contributed by atoms with Crippen molar-refractivity contribution in [1.82, 2.24) is 10.6 Å². The van der Waals surface area contributed by atoms with Gasteiger partial charge in [0.05, 0.1) is 5.54 Å². The van der Waals surface area contributed by atoms with E-state index in [0.29, 0.717) is 19.5 Å². The van der Waals surface area contributed by atoms with Gasteiger partial charge < -0.3 is 31.6 Å². The Bertz CT molecular complexity index is 322. The van der Waals surface area contributed by atoms with Crippen LogP contribution in [0, 0.1) is 0 Å². The van der Waals surface area contributed by atoms with Crippen LogP contribution in [-0.2, 0) is 9.47 Å². The van der Waals surface area contributed by atoms with E-state index in [1.807, 2.05) is 0 Å². The van der Waals surface area contributed by atoms with Gasteiger partial charge in [0.2, 0.25) is 0 Å². The number of nitrogens with two attached hydrogens (primary N) is 2. The van der Waals surface area contributed by atoms with Crippen LogP contribution in [0.4, 0.5) is 9.59 Å². The lowest BCUT2D eigenvalue weighted by molar-refractivity contribution is -0.0162. The number of hydrogen-bond donors (Lipinski definition) is 4. The number of amides is 2. The minimum atomic E-state index is -1.06. The fourth-order valence-electron chi connectivity index (χ4n) is 1.90. The molecule has 0 fully saturated rings. The van der Waals surface area contributed by atoms with Gasteiger partial charge in [-0.15, -0.1) is 24.8 Å². The molecular formula is C13H30Cl2N4O4. The van der Waals surface area contributed by atoms with E-state index < -0.39 is 29.9 Å². The fraction of sp³-hybridized carbons (Fsp3) is 0.846. The molecular weight excluding hydrogens is 347 g/mol. The Labute approximate surface area is 150 Å². The minimum Gasteiger partial charge on any atom is -0.444 e. The normalized spacial score (nSPS) is 14.9. The number of hydrogen-bond acceptors (Lipinski definition) is 6. The van der Waals surface area contributed by atoms with Crippen molar-refractivity contribution < 1.29 is 19.1 Å². The van der Waals surface area contributed by atoms with E-state index in [1.54, 1.807) is 27.7 Å². The summed E-state index contributed by atoms with van der Waals surface area (Å²) in [6.45, 7) is 8.05. The molecule has 10 heteroatoms. The molecule has 140 valence electrons. The number of nitrogens with one attached hydrogen (secondary N) is 2. The van der Waals surface area contributed by atoms with Crippen LogP contribution in [0.1, 0.15) is 34.1 Å². The molecule has 0 aromatic rings. The molecule has 0 saturated heterocycles. The molecule has 0 bridgehead atoms. The first-order valence-corrected chi connectivity index (χ1v) is 7.19. The summed E-state index contributed by atoms with van der Waals surface area (Å²) in [6, 6.07) is 0. The highest BCUT2D eigenvalue weighted by Crippen LogP contribution is 2.22. The Kier molecular flexibility index (Phi) is 15.8. The zero-order valence-electron chi connectivity index (χ0n) is 14.1. The number of carbonyl (C=O) groups excluding carboxylic acids is 2. The smallest absolute Gasteiger partial charge is 0.407 e. The Hall–Kier alpha value is -0.960. The first-order valence-electron chi connectivity index (χ1n) is 7.19. The first-order chi connectivity index (χ1) is 9.81. The second-order valence-electron chi connectivity index (χ2n) is 4.81. The van der Waals surface area contributed by atoms with Crippen LogP contribution in [0.15, 0.2) is 0 Å². The maximum atomic E-state index is 11.5. The first kappa shape index (κ1) is 26.9. The van der Waals surface area contributed by atoms with Crippen LogP contribution in [0.25, 0.3) is 0 Å². The highest BCUT2D eigenvalue weighted by Gasteiger charge is 2.41. The summed E-state index contributed by atoms with van der Waals surface area (Å²) in [5, 5.41) is 5.05. The van der Waals surface area contributed by atoms with Crippen molar-refractivity contribution >= 4 is 37.0 Å². The van der Waals surface area contributed by atoms with Gasteiger partial charge in [0.1, 0.15) is 12.2 Å². The molecule has 23 heavy (non-hydrogen) atoms. The summed E-state index contributed by atoms with van der Waals surface area (Å²) < 4.78 is 10.5. The van der Waals surface area contributed by atoms with Crippen molar-refractivity contribution in [2.75, 3.05) is 19.6 Å². The van der Waals surface area contributed by atoms with Gasteiger partial charge in [0.25, 0.3) is 0 Å². The van der Waals surface area contributed by atoms with Gasteiger partial charge >= 0.3 is 12.2 Å². The van der Waals surface area contributed by atoms with Crippen molar-refractivity contribution in [3.05, 3.63) is 0 Å². The fourth-order valence-corrected chi connectivity index (χ4v) is 1.90. The van der Waals surface area contributed by atoms with Crippen LogP contribution in [0.2, 0.25) is 0 Å². The predicted molar refractivity (Wildman–Crippen MR) is 94.3 cm³/mol. The molecule has 0 spiro atoms. The largest absolute Gasteiger partial charge is 0.444 e. The third-order valence-corrected chi connectivity index (χ3v) is 3.30. The van der Waals surface area contributed by atoms with Crippen LogP contribution < -0.4 is 22.1 Å². The molecule has 0 saturated carbocycles. The third kappa shape index (κ3) is 9.04. The monoisotopic (exact) mass is 376 g/mol. The van der Waals surface area contributed by atoms with E-state index in [2.05, 4.69) is 10.6 Å². The summed E-state index contributed by atoms with van der Waals surface area (Å²) >= 11 is 0. The average molecular weight is 377 g/mol. The SMILES string of the molecule is CCNC(=O)OC(C)C(N)(CCN)C(C)OC(=O)NCC.Cl.Cl. The molecule has 0 aliphatic carbocycles. The van der Waals surface area contributed by atoms with Gasteiger partial charge in [0, 0.05) is 13.1 Å². The summed E-state index contributed by atoms with van der Waals surface area (Å²) in [6.07, 6.45) is -2.13. The van der Waals surface area contributed by atoms with Crippen molar-refractivity contribution in [3.8, 4) is 0 Å². The lowest BCUT2D eigenvalue weighted by atomic mass is 9.85. The minimum absolute atomic E-state index is 0. The molecule has 0 aliphatic heterocycles. The van der Waals surface area contributed by atoms with Crippen LogP contribution in [-0.4, -0.2) is 49.6 Å². The quantitative estimate of drug-likeness (QED) is 0.502. The third-order valence-electron chi connectivity index (χ3n) is 3.30. The molecule has 2 amide bonds. The van der Waals surface area contributed by atoms with E-state index >= 15 is 0 Å². The van der Waals surface area contributed by atoms with Gasteiger partial charge in [-0.1, -0.05) is 0 Å². The van der Waals surface area contributed by atoms with Gasteiger partial charge in [0.15, 0.2) is 0 Å². The van der Waals surface area contributed by atoms with E-state index in [9.17, 15) is 9.59 Å². The standard InChI is InChI=1S/C13H28N4O4.2ClH/c1-5-16-11(18)20-9(3)13(15,7-8-14)10(4)21-12(19)17-6-2;;/h9-10H,5-8,14-15H2,1-4H3,(H,16,18)(H,17,19);2*1H. The molecule has 0 aliphatic rings. The molecule has 8 nitrogen and oxygen atoms in total. The zero-order chi connectivity index (χ0) is 16.5.